The fraction of sp³-hybridized carbons (Fsp3) is 0.286. The topological polar surface area (TPSA) is 76.2 Å². The second kappa shape index (κ2) is 10.3. The van der Waals surface area contributed by atoms with Crippen LogP contribution < -0.4 is 4.74 Å². The number of ether oxygens (including phenoxy) is 2. The Bertz CT molecular complexity index is 966. The van der Waals surface area contributed by atoms with Crippen molar-refractivity contribution in [1.29, 1.82) is 0 Å². The molecule has 0 unspecified atom stereocenters. The molecule has 0 radical (unpaired) electrons. The first-order valence-corrected chi connectivity index (χ1v) is 10.4. The SMILES string of the molecule is O=C(/C=C/c1ccc(OC(F)(F)F)cc1)OCC(=O)N1CCN(C(=O)c2cccs2)CC1. The largest absolute Gasteiger partial charge is 0.573 e. The van der Waals surface area contributed by atoms with E-state index in [9.17, 15) is 27.6 Å². The lowest BCUT2D eigenvalue weighted by Crippen LogP contribution is -2.51. The summed E-state index contributed by atoms with van der Waals surface area (Å²) in [4.78, 5) is 40.2. The monoisotopic (exact) mass is 468 g/mol. The number of carbonyl (C=O) groups excluding carboxylic acids is 3. The van der Waals surface area contributed by atoms with Crippen molar-refractivity contribution in [1.82, 2.24) is 9.80 Å². The van der Waals surface area contributed by atoms with Crippen LogP contribution in [0.5, 0.6) is 5.75 Å². The standard InChI is InChI=1S/C21H19F3N2O5S/c22-21(23,24)31-16-6-3-15(4-7-16)5-8-19(28)30-14-18(27)25-9-11-26(12-10-25)20(29)17-2-1-13-32-17/h1-8,13H,9-12,14H2/b8-5+. The van der Waals surface area contributed by atoms with Gasteiger partial charge in [0.05, 0.1) is 4.88 Å². The summed E-state index contributed by atoms with van der Waals surface area (Å²) < 4.78 is 45.1. The van der Waals surface area contributed by atoms with Gasteiger partial charge in [0.15, 0.2) is 6.61 Å². The van der Waals surface area contributed by atoms with Gasteiger partial charge in [-0.05, 0) is 35.2 Å². The quantitative estimate of drug-likeness (QED) is 0.481. The molecule has 1 aliphatic heterocycles. The van der Waals surface area contributed by atoms with Gasteiger partial charge >= 0.3 is 12.3 Å². The number of rotatable bonds is 6. The summed E-state index contributed by atoms with van der Waals surface area (Å²) in [6.07, 6.45) is -2.36. The molecule has 2 aromatic rings. The van der Waals surface area contributed by atoms with E-state index in [1.807, 2.05) is 5.38 Å². The van der Waals surface area contributed by atoms with E-state index in [0.717, 1.165) is 18.2 Å². The van der Waals surface area contributed by atoms with Gasteiger partial charge in [-0.1, -0.05) is 18.2 Å². The Balaban J connectivity index is 1.40. The molecule has 1 fully saturated rings. The second-order valence-electron chi connectivity index (χ2n) is 6.71. The number of thiophene rings is 1. The van der Waals surface area contributed by atoms with Gasteiger partial charge in [0, 0.05) is 32.3 Å². The Morgan fingerprint density at radius 2 is 1.66 bits per heavy atom. The normalized spacial score (nSPS) is 14.5. The van der Waals surface area contributed by atoms with Gasteiger partial charge in [-0.3, -0.25) is 9.59 Å². The molecule has 170 valence electrons. The zero-order chi connectivity index (χ0) is 23.1. The molecule has 0 atom stereocenters. The number of piperazine rings is 1. The van der Waals surface area contributed by atoms with E-state index in [2.05, 4.69) is 4.74 Å². The first-order valence-electron chi connectivity index (χ1n) is 9.52. The van der Waals surface area contributed by atoms with Crippen LogP contribution in [0, 0.1) is 0 Å². The van der Waals surface area contributed by atoms with Gasteiger partial charge in [0.2, 0.25) is 0 Å². The highest BCUT2D eigenvalue weighted by Gasteiger charge is 2.31. The van der Waals surface area contributed by atoms with Crippen LogP contribution in [0.3, 0.4) is 0 Å². The third-order valence-corrected chi connectivity index (χ3v) is 5.37. The lowest BCUT2D eigenvalue weighted by Gasteiger charge is -2.34. The molecule has 0 spiro atoms. The number of hydrogen-bond acceptors (Lipinski definition) is 6. The number of benzene rings is 1. The molecule has 11 heteroatoms. The maximum absolute atomic E-state index is 12.3. The highest BCUT2D eigenvalue weighted by Crippen LogP contribution is 2.23. The molecule has 1 saturated heterocycles. The molecule has 3 rings (SSSR count). The summed E-state index contributed by atoms with van der Waals surface area (Å²) in [6, 6.07) is 8.47. The minimum Gasteiger partial charge on any atom is -0.452 e. The lowest BCUT2D eigenvalue weighted by atomic mass is 10.2. The van der Waals surface area contributed by atoms with Crippen molar-refractivity contribution in [3.05, 3.63) is 58.3 Å². The van der Waals surface area contributed by atoms with Crippen LogP contribution in [0.15, 0.2) is 47.9 Å². The zero-order valence-corrected chi connectivity index (χ0v) is 17.5. The molecule has 2 amide bonds. The summed E-state index contributed by atoms with van der Waals surface area (Å²) in [6.45, 7) is 1.03. The van der Waals surface area contributed by atoms with Crippen molar-refractivity contribution in [2.45, 2.75) is 6.36 Å². The molecule has 1 aromatic heterocycles. The third-order valence-electron chi connectivity index (χ3n) is 4.51. The molecule has 0 N–H and O–H groups in total. The summed E-state index contributed by atoms with van der Waals surface area (Å²) in [5.74, 6) is -1.58. The van der Waals surface area contributed by atoms with Crippen molar-refractivity contribution >= 4 is 35.2 Å². The van der Waals surface area contributed by atoms with E-state index in [1.54, 1.807) is 17.0 Å². The third kappa shape index (κ3) is 6.84. The summed E-state index contributed by atoms with van der Waals surface area (Å²) in [5, 5.41) is 1.83. The van der Waals surface area contributed by atoms with Crippen molar-refractivity contribution in [2.24, 2.45) is 0 Å². The average molecular weight is 468 g/mol. The van der Waals surface area contributed by atoms with Crippen molar-refractivity contribution in [3.8, 4) is 5.75 Å². The van der Waals surface area contributed by atoms with Gasteiger partial charge in [-0.25, -0.2) is 4.79 Å². The van der Waals surface area contributed by atoms with E-state index in [0.29, 0.717) is 36.6 Å². The minimum absolute atomic E-state index is 0.0679. The van der Waals surface area contributed by atoms with Crippen LogP contribution in [0.4, 0.5) is 13.2 Å². The van der Waals surface area contributed by atoms with Crippen LogP contribution in [0.25, 0.3) is 6.08 Å². The van der Waals surface area contributed by atoms with Gasteiger partial charge in [0.1, 0.15) is 5.75 Å². The molecular formula is C21H19F3N2O5S. The molecular weight excluding hydrogens is 449 g/mol. The molecule has 1 aromatic carbocycles. The van der Waals surface area contributed by atoms with Gasteiger partial charge in [0.25, 0.3) is 11.8 Å². The predicted molar refractivity (Wildman–Crippen MR) is 110 cm³/mol. The van der Waals surface area contributed by atoms with Gasteiger partial charge in [-0.2, -0.15) is 0 Å². The van der Waals surface area contributed by atoms with Crippen LogP contribution in [0.1, 0.15) is 15.2 Å². The number of carbonyl (C=O) groups is 3. The van der Waals surface area contributed by atoms with Gasteiger partial charge < -0.3 is 19.3 Å². The predicted octanol–water partition coefficient (Wildman–Crippen LogP) is 3.19. The molecule has 2 heterocycles. The molecule has 0 bridgehead atoms. The highest BCUT2D eigenvalue weighted by atomic mass is 32.1. The molecule has 0 saturated carbocycles. The Hall–Kier alpha value is -3.34. The summed E-state index contributed by atoms with van der Waals surface area (Å²) >= 11 is 1.36. The Morgan fingerprint density at radius 1 is 1.00 bits per heavy atom. The summed E-state index contributed by atoms with van der Waals surface area (Å²) in [7, 11) is 0. The first-order chi connectivity index (χ1) is 15.2. The number of halogens is 3. The van der Waals surface area contributed by atoms with Crippen molar-refractivity contribution < 1.29 is 37.0 Å². The lowest BCUT2D eigenvalue weighted by molar-refractivity contribution is -0.274. The molecule has 32 heavy (non-hydrogen) atoms. The van der Waals surface area contributed by atoms with Gasteiger partial charge in [-0.15, -0.1) is 24.5 Å². The number of hydrogen-bond donors (Lipinski definition) is 0. The fourth-order valence-corrected chi connectivity index (χ4v) is 3.62. The first kappa shape index (κ1) is 23.3. The maximum Gasteiger partial charge on any atom is 0.573 e. The Morgan fingerprint density at radius 3 is 2.25 bits per heavy atom. The van der Waals surface area contributed by atoms with E-state index < -0.39 is 18.9 Å². The number of nitrogens with zero attached hydrogens (tertiary/aromatic N) is 2. The number of alkyl halides is 3. The van der Waals surface area contributed by atoms with Crippen LogP contribution >= 0.6 is 11.3 Å². The fourth-order valence-electron chi connectivity index (χ4n) is 2.93. The molecule has 0 aliphatic carbocycles. The van der Waals surface area contributed by atoms with Crippen LogP contribution in [0.2, 0.25) is 0 Å². The Kier molecular flexibility index (Phi) is 7.52. The second-order valence-corrected chi connectivity index (χ2v) is 7.66. The molecule has 7 nitrogen and oxygen atoms in total. The van der Waals surface area contributed by atoms with Crippen molar-refractivity contribution in [3.63, 3.8) is 0 Å². The molecule has 1 aliphatic rings. The minimum atomic E-state index is -4.78. The number of amides is 2. The Labute approximate surface area is 185 Å². The smallest absolute Gasteiger partial charge is 0.452 e. The number of esters is 1. The van der Waals surface area contributed by atoms with Crippen LogP contribution in [-0.2, 0) is 14.3 Å². The van der Waals surface area contributed by atoms with E-state index in [1.165, 1.54) is 34.4 Å². The van der Waals surface area contributed by atoms with Crippen molar-refractivity contribution in [2.75, 3.05) is 32.8 Å². The highest BCUT2D eigenvalue weighted by molar-refractivity contribution is 7.12. The average Bonchev–Trinajstić information content (AvgIpc) is 3.30. The zero-order valence-electron chi connectivity index (χ0n) is 16.7. The van der Waals surface area contributed by atoms with E-state index in [-0.39, 0.29) is 17.6 Å². The van der Waals surface area contributed by atoms with E-state index in [4.69, 9.17) is 4.74 Å². The maximum atomic E-state index is 12.3. The summed E-state index contributed by atoms with van der Waals surface area (Å²) in [5.41, 5.74) is 0.453. The van der Waals surface area contributed by atoms with Crippen LogP contribution in [-0.4, -0.2) is 66.7 Å². The van der Waals surface area contributed by atoms with E-state index >= 15 is 0 Å².